The maximum absolute atomic E-state index is 12.5. The van der Waals surface area contributed by atoms with Crippen molar-refractivity contribution in [1.82, 2.24) is 15.1 Å². The van der Waals surface area contributed by atoms with Gasteiger partial charge in [-0.3, -0.25) is 9.69 Å². The van der Waals surface area contributed by atoms with Crippen molar-refractivity contribution in [3.05, 3.63) is 35.9 Å². The van der Waals surface area contributed by atoms with E-state index in [-0.39, 0.29) is 5.92 Å². The molecule has 1 N–H and O–H groups in total. The van der Waals surface area contributed by atoms with Crippen LogP contribution in [0.15, 0.2) is 30.3 Å². The third kappa shape index (κ3) is 3.44. The van der Waals surface area contributed by atoms with Crippen LogP contribution < -0.4 is 5.32 Å². The molecule has 1 aromatic carbocycles. The number of piperazine rings is 1. The Morgan fingerprint density at radius 2 is 1.86 bits per heavy atom. The summed E-state index contributed by atoms with van der Waals surface area (Å²) in [6.07, 6.45) is 0. The van der Waals surface area contributed by atoms with E-state index < -0.39 is 0 Å². The van der Waals surface area contributed by atoms with Crippen LogP contribution in [0.3, 0.4) is 0 Å². The molecule has 0 aliphatic carbocycles. The lowest BCUT2D eigenvalue weighted by Gasteiger charge is -2.36. The van der Waals surface area contributed by atoms with Crippen molar-refractivity contribution in [1.29, 1.82) is 0 Å². The lowest BCUT2D eigenvalue weighted by atomic mass is 9.96. The van der Waals surface area contributed by atoms with Crippen LogP contribution in [0.5, 0.6) is 0 Å². The maximum atomic E-state index is 12.5. The normalized spacial score (nSPS) is 27.0. The molecule has 3 rings (SSSR count). The van der Waals surface area contributed by atoms with Crippen LogP contribution in [-0.2, 0) is 11.3 Å². The molecule has 0 bridgehead atoms. The van der Waals surface area contributed by atoms with E-state index in [2.05, 4.69) is 52.4 Å². The standard InChI is InChI=1S/C17H25N3O/c1-14-11-18-12-16(14)17(21)20-9-7-19(8-10-20)13-15-5-3-2-4-6-15/h2-6,14,16,18H,7-13H2,1H3. The van der Waals surface area contributed by atoms with Gasteiger partial charge in [0, 0.05) is 39.3 Å². The van der Waals surface area contributed by atoms with Gasteiger partial charge in [-0.15, -0.1) is 0 Å². The fraction of sp³-hybridized carbons (Fsp3) is 0.588. The third-order valence-corrected chi connectivity index (χ3v) is 4.77. The van der Waals surface area contributed by atoms with Gasteiger partial charge in [0.1, 0.15) is 0 Å². The number of hydrogen-bond acceptors (Lipinski definition) is 3. The summed E-state index contributed by atoms with van der Waals surface area (Å²) in [6, 6.07) is 10.6. The lowest BCUT2D eigenvalue weighted by Crippen LogP contribution is -2.50. The van der Waals surface area contributed by atoms with Crippen molar-refractivity contribution in [2.75, 3.05) is 39.3 Å². The zero-order chi connectivity index (χ0) is 14.7. The molecule has 0 saturated carbocycles. The highest BCUT2D eigenvalue weighted by atomic mass is 16.2. The van der Waals surface area contributed by atoms with Gasteiger partial charge in [-0.2, -0.15) is 0 Å². The minimum absolute atomic E-state index is 0.186. The maximum Gasteiger partial charge on any atom is 0.227 e. The molecule has 0 aromatic heterocycles. The van der Waals surface area contributed by atoms with E-state index in [1.54, 1.807) is 0 Å². The van der Waals surface area contributed by atoms with Crippen molar-refractivity contribution >= 4 is 5.91 Å². The van der Waals surface area contributed by atoms with Crippen LogP contribution in [0, 0.1) is 11.8 Å². The Morgan fingerprint density at radius 3 is 2.48 bits per heavy atom. The lowest BCUT2D eigenvalue weighted by molar-refractivity contribution is -0.137. The quantitative estimate of drug-likeness (QED) is 0.907. The number of hydrogen-bond donors (Lipinski definition) is 1. The fourth-order valence-corrected chi connectivity index (χ4v) is 3.34. The van der Waals surface area contributed by atoms with Crippen LogP contribution in [0.25, 0.3) is 0 Å². The van der Waals surface area contributed by atoms with Crippen LogP contribution in [0.4, 0.5) is 0 Å². The molecule has 2 unspecified atom stereocenters. The van der Waals surface area contributed by atoms with Gasteiger partial charge >= 0.3 is 0 Å². The van der Waals surface area contributed by atoms with Gasteiger partial charge in [-0.1, -0.05) is 37.3 Å². The number of carbonyl (C=O) groups excluding carboxylic acids is 1. The van der Waals surface area contributed by atoms with Gasteiger partial charge in [0.25, 0.3) is 0 Å². The largest absolute Gasteiger partial charge is 0.340 e. The Balaban J connectivity index is 1.50. The summed E-state index contributed by atoms with van der Waals surface area (Å²) in [4.78, 5) is 17.0. The number of nitrogens with one attached hydrogen (secondary N) is 1. The molecule has 0 spiro atoms. The first kappa shape index (κ1) is 14.5. The van der Waals surface area contributed by atoms with Crippen LogP contribution >= 0.6 is 0 Å². The molecule has 21 heavy (non-hydrogen) atoms. The second-order valence-electron chi connectivity index (χ2n) is 6.33. The molecule has 4 heteroatoms. The van der Waals surface area contributed by atoms with Crippen molar-refractivity contribution in [3.63, 3.8) is 0 Å². The number of amides is 1. The SMILES string of the molecule is CC1CNCC1C(=O)N1CCN(Cc2ccccc2)CC1. The van der Waals surface area contributed by atoms with E-state index in [1.165, 1.54) is 5.56 Å². The summed E-state index contributed by atoms with van der Waals surface area (Å²) < 4.78 is 0. The number of benzene rings is 1. The van der Waals surface area contributed by atoms with Gasteiger partial charge in [0.05, 0.1) is 5.92 Å². The molecule has 2 saturated heterocycles. The number of rotatable bonds is 3. The molecule has 2 atom stereocenters. The van der Waals surface area contributed by atoms with Crippen molar-refractivity contribution in [3.8, 4) is 0 Å². The number of nitrogens with zero attached hydrogens (tertiary/aromatic N) is 2. The highest BCUT2D eigenvalue weighted by molar-refractivity contribution is 5.79. The predicted molar refractivity (Wildman–Crippen MR) is 83.8 cm³/mol. The minimum Gasteiger partial charge on any atom is -0.340 e. The van der Waals surface area contributed by atoms with Gasteiger partial charge in [-0.25, -0.2) is 0 Å². The topological polar surface area (TPSA) is 35.6 Å². The summed E-state index contributed by atoms with van der Waals surface area (Å²) in [6.45, 7) is 8.70. The Morgan fingerprint density at radius 1 is 1.14 bits per heavy atom. The van der Waals surface area contributed by atoms with Crippen molar-refractivity contribution in [2.45, 2.75) is 13.5 Å². The Kier molecular flexibility index (Phi) is 4.56. The molecular weight excluding hydrogens is 262 g/mol. The zero-order valence-electron chi connectivity index (χ0n) is 12.8. The van der Waals surface area contributed by atoms with Gasteiger partial charge in [0.2, 0.25) is 5.91 Å². The smallest absolute Gasteiger partial charge is 0.227 e. The summed E-state index contributed by atoms with van der Waals surface area (Å²) in [5.74, 6) is 1.01. The monoisotopic (exact) mass is 287 g/mol. The third-order valence-electron chi connectivity index (χ3n) is 4.77. The zero-order valence-corrected chi connectivity index (χ0v) is 12.8. The molecule has 2 aliphatic rings. The van der Waals surface area contributed by atoms with Gasteiger partial charge in [0.15, 0.2) is 0 Å². The molecule has 2 fully saturated rings. The first-order valence-corrected chi connectivity index (χ1v) is 8.00. The van der Waals surface area contributed by atoms with E-state index in [0.717, 1.165) is 45.8 Å². The minimum atomic E-state index is 0.186. The number of carbonyl (C=O) groups is 1. The summed E-state index contributed by atoms with van der Waals surface area (Å²) in [7, 11) is 0. The molecule has 1 amide bonds. The molecule has 2 heterocycles. The van der Waals surface area contributed by atoms with E-state index in [4.69, 9.17) is 0 Å². The highest BCUT2D eigenvalue weighted by Gasteiger charge is 2.33. The molecular formula is C17H25N3O. The average molecular weight is 287 g/mol. The first-order chi connectivity index (χ1) is 10.2. The molecule has 0 radical (unpaired) electrons. The fourth-order valence-electron chi connectivity index (χ4n) is 3.34. The second-order valence-corrected chi connectivity index (χ2v) is 6.33. The second kappa shape index (κ2) is 6.58. The average Bonchev–Trinajstić information content (AvgIpc) is 2.94. The molecule has 4 nitrogen and oxygen atoms in total. The van der Waals surface area contributed by atoms with Gasteiger partial charge < -0.3 is 10.2 Å². The molecule has 114 valence electrons. The first-order valence-electron chi connectivity index (χ1n) is 8.00. The highest BCUT2D eigenvalue weighted by Crippen LogP contribution is 2.20. The van der Waals surface area contributed by atoms with Crippen molar-refractivity contribution < 1.29 is 4.79 Å². The van der Waals surface area contributed by atoms with E-state index in [0.29, 0.717) is 11.8 Å². The molecule has 2 aliphatic heterocycles. The Hall–Kier alpha value is -1.39. The summed E-state index contributed by atoms with van der Waals surface area (Å²) >= 11 is 0. The van der Waals surface area contributed by atoms with Gasteiger partial charge in [-0.05, 0) is 18.0 Å². The van der Waals surface area contributed by atoms with E-state index >= 15 is 0 Å². The molecule has 1 aromatic rings. The van der Waals surface area contributed by atoms with Crippen LogP contribution in [0.2, 0.25) is 0 Å². The summed E-state index contributed by atoms with van der Waals surface area (Å²) in [5, 5.41) is 3.33. The predicted octanol–water partition coefficient (Wildman–Crippen LogP) is 1.19. The van der Waals surface area contributed by atoms with E-state index in [1.807, 2.05) is 0 Å². The Labute approximate surface area is 127 Å². The van der Waals surface area contributed by atoms with Crippen LogP contribution in [0.1, 0.15) is 12.5 Å². The van der Waals surface area contributed by atoms with E-state index in [9.17, 15) is 4.79 Å². The summed E-state index contributed by atoms with van der Waals surface area (Å²) in [5.41, 5.74) is 1.35. The Bertz CT molecular complexity index is 468. The van der Waals surface area contributed by atoms with Crippen LogP contribution in [-0.4, -0.2) is 55.0 Å². The van der Waals surface area contributed by atoms with Crippen molar-refractivity contribution in [2.24, 2.45) is 11.8 Å².